The van der Waals surface area contributed by atoms with Crippen LogP contribution < -0.4 is 0 Å². The lowest BCUT2D eigenvalue weighted by Gasteiger charge is -2.34. The third kappa shape index (κ3) is 4.50. The van der Waals surface area contributed by atoms with E-state index in [-0.39, 0.29) is 11.9 Å². The molecule has 0 amide bonds. The van der Waals surface area contributed by atoms with E-state index >= 15 is 0 Å². The predicted octanol–water partition coefficient (Wildman–Crippen LogP) is 3.20. The second-order valence-electron chi connectivity index (χ2n) is 7.14. The van der Waals surface area contributed by atoms with Crippen molar-refractivity contribution in [1.82, 2.24) is 9.88 Å². The zero-order valence-corrected chi connectivity index (χ0v) is 14.9. The van der Waals surface area contributed by atoms with Gasteiger partial charge in [0.05, 0.1) is 12.8 Å². The minimum atomic E-state index is -0.229. The van der Waals surface area contributed by atoms with Crippen molar-refractivity contribution in [3.63, 3.8) is 0 Å². The number of nitrogens with zero attached hydrogens (tertiary/aromatic N) is 2. The smallest absolute Gasteiger partial charge is 0.224 e. The van der Waals surface area contributed by atoms with Crippen LogP contribution in [0.5, 0.6) is 0 Å². The number of oxazole rings is 1. The second-order valence-corrected chi connectivity index (χ2v) is 7.14. The lowest BCUT2D eigenvalue weighted by atomic mass is 9.99. The highest BCUT2D eigenvalue weighted by molar-refractivity contribution is 5.20. The Bertz CT molecular complexity index is 697. The zero-order chi connectivity index (χ0) is 17.8. The molecule has 0 unspecified atom stereocenters. The standard InChI is InChI=1S/C20H25FN2O3/c21-17-3-1-15(2-4-17)11-18-12-22-20(26-18)19-14-23(7-10-25-19)13-16-5-8-24-9-6-16/h1-4,12,16,19H,5-11,13-14H2/t19-/m0/s1. The highest BCUT2D eigenvalue weighted by Crippen LogP contribution is 2.25. The van der Waals surface area contributed by atoms with Crippen LogP contribution in [0.15, 0.2) is 34.9 Å². The van der Waals surface area contributed by atoms with Gasteiger partial charge in [-0.05, 0) is 36.5 Å². The maximum absolute atomic E-state index is 13.0. The Morgan fingerprint density at radius 3 is 2.73 bits per heavy atom. The van der Waals surface area contributed by atoms with Crippen molar-refractivity contribution in [3.8, 4) is 0 Å². The molecule has 2 aromatic rings. The molecule has 0 spiro atoms. The SMILES string of the molecule is Fc1ccc(Cc2cnc([C@@H]3CN(CC4CCOCC4)CCO3)o2)cc1. The van der Waals surface area contributed by atoms with Crippen LogP contribution in [0.2, 0.25) is 0 Å². The topological polar surface area (TPSA) is 47.7 Å². The van der Waals surface area contributed by atoms with Gasteiger partial charge >= 0.3 is 0 Å². The monoisotopic (exact) mass is 360 g/mol. The fraction of sp³-hybridized carbons (Fsp3) is 0.550. The summed E-state index contributed by atoms with van der Waals surface area (Å²) < 4.78 is 30.3. The molecule has 26 heavy (non-hydrogen) atoms. The van der Waals surface area contributed by atoms with E-state index in [0.29, 0.717) is 24.8 Å². The predicted molar refractivity (Wildman–Crippen MR) is 94.4 cm³/mol. The number of rotatable bonds is 5. The van der Waals surface area contributed by atoms with Crippen LogP contribution in [-0.4, -0.2) is 49.3 Å². The lowest BCUT2D eigenvalue weighted by Crippen LogP contribution is -2.42. The molecule has 1 atom stereocenters. The van der Waals surface area contributed by atoms with E-state index in [0.717, 1.165) is 57.0 Å². The number of hydrogen-bond donors (Lipinski definition) is 0. The van der Waals surface area contributed by atoms with Crippen molar-refractivity contribution in [2.75, 3.05) is 39.5 Å². The van der Waals surface area contributed by atoms with Gasteiger partial charge in [-0.2, -0.15) is 0 Å². The first-order valence-electron chi connectivity index (χ1n) is 9.37. The van der Waals surface area contributed by atoms with Crippen LogP contribution in [0.3, 0.4) is 0 Å². The van der Waals surface area contributed by atoms with Crippen molar-refractivity contribution in [2.24, 2.45) is 5.92 Å². The Morgan fingerprint density at radius 1 is 1.12 bits per heavy atom. The first-order valence-corrected chi connectivity index (χ1v) is 9.37. The summed E-state index contributed by atoms with van der Waals surface area (Å²) in [5.74, 6) is 1.89. The molecule has 6 heteroatoms. The van der Waals surface area contributed by atoms with E-state index in [1.807, 2.05) is 0 Å². The van der Waals surface area contributed by atoms with E-state index in [1.165, 1.54) is 12.1 Å². The van der Waals surface area contributed by atoms with Gasteiger partial charge in [0, 0.05) is 39.3 Å². The molecule has 2 saturated heterocycles. The summed E-state index contributed by atoms with van der Waals surface area (Å²) in [5.41, 5.74) is 1.000. The number of aromatic nitrogens is 1. The van der Waals surface area contributed by atoms with Crippen LogP contribution in [-0.2, 0) is 15.9 Å². The van der Waals surface area contributed by atoms with Gasteiger partial charge in [-0.3, -0.25) is 4.90 Å². The van der Waals surface area contributed by atoms with Crippen molar-refractivity contribution >= 4 is 0 Å². The molecule has 1 aromatic carbocycles. The number of hydrogen-bond acceptors (Lipinski definition) is 5. The fourth-order valence-corrected chi connectivity index (χ4v) is 3.67. The Balaban J connectivity index is 1.34. The van der Waals surface area contributed by atoms with E-state index in [2.05, 4.69) is 9.88 Å². The maximum atomic E-state index is 13.0. The van der Waals surface area contributed by atoms with Gasteiger partial charge < -0.3 is 13.9 Å². The summed E-state index contributed by atoms with van der Waals surface area (Å²) in [6.45, 7) is 5.32. The Hall–Kier alpha value is -1.76. The molecule has 0 radical (unpaired) electrons. The third-order valence-electron chi connectivity index (χ3n) is 5.15. The first-order chi connectivity index (χ1) is 12.8. The van der Waals surface area contributed by atoms with Crippen molar-refractivity contribution < 1.29 is 18.3 Å². The molecule has 140 valence electrons. The zero-order valence-electron chi connectivity index (χ0n) is 14.9. The number of morpholine rings is 1. The van der Waals surface area contributed by atoms with E-state index in [4.69, 9.17) is 13.9 Å². The van der Waals surface area contributed by atoms with Crippen LogP contribution in [0.4, 0.5) is 4.39 Å². The molecule has 0 N–H and O–H groups in total. The summed E-state index contributed by atoms with van der Waals surface area (Å²) >= 11 is 0. The molecule has 2 aliphatic rings. The minimum Gasteiger partial charge on any atom is -0.442 e. The van der Waals surface area contributed by atoms with Crippen LogP contribution in [0.25, 0.3) is 0 Å². The van der Waals surface area contributed by atoms with Crippen LogP contribution in [0, 0.1) is 11.7 Å². The molecule has 0 saturated carbocycles. The van der Waals surface area contributed by atoms with E-state index in [1.54, 1.807) is 18.3 Å². The molecular weight excluding hydrogens is 335 g/mol. The maximum Gasteiger partial charge on any atom is 0.224 e. The van der Waals surface area contributed by atoms with Crippen LogP contribution >= 0.6 is 0 Å². The normalized spacial score (nSPS) is 22.6. The van der Waals surface area contributed by atoms with E-state index < -0.39 is 0 Å². The number of halogens is 1. The Morgan fingerprint density at radius 2 is 1.92 bits per heavy atom. The third-order valence-corrected chi connectivity index (χ3v) is 5.15. The minimum absolute atomic E-state index is 0.120. The molecule has 0 bridgehead atoms. The van der Waals surface area contributed by atoms with Gasteiger partial charge in [-0.1, -0.05) is 12.1 Å². The highest BCUT2D eigenvalue weighted by atomic mass is 19.1. The Kier molecular flexibility index (Phi) is 5.62. The average molecular weight is 360 g/mol. The van der Waals surface area contributed by atoms with Crippen LogP contribution in [0.1, 0.15) is 36.2 Å². The van der Waals surface area contributed by atoms with E-state index in [9.17, 15) is 4.39 Å². The number of ether oxygens (including phenoxy) is 2. The quantitative estimate of drug-likeness (QED) is 0.819. The number of benzene rings is 1. The fourth-order valence-electron chi connectivity index (χ4n) is 3.67. The van der Waals surface area contributed by atoms with Gasteiger partial charge in [0.2, 0.25) is 5.89 Å². The summed E-state index contributed by atoms with van der Waals surface area (Å²) in [7, 11) is 0. The first kappa shape index (κ1) is 17.6. The van der Waals surface area contributed by atoms with Crippen molar-refractivity contribution in [2.45, 2.75) is 25.4 Å². The largest absolute Gasteiger partial charge is 0.442 e. The van der Waals surface area contributed by atoms with Gasteiger partial charge in [0.25, 0.3) is 0 Å². The molecule has 3 heterocycles. The van der Waals surface area contributed by atoms with Gasteiger partial charge in [0.1, 0.15) is 17.7 Å². The summed E-state index contributed by atoms with van der Waals surface area (Å²) in [6, 6.07) is 6.46. The van der Waals surface area contributed by atoms with Gasteiger partial charge in [0.15, 0.2) is 0 Å². The Labute approximate surface area is 153 Å². The average Bonchev–Trinajstić information content (AvgIpc) is 3.13. The van der Waals surface area contributed by atoms with Gasteiger partial charge in [-0.25, -0.2) is 9.37 Å². The molecule has 5 nitrogen and oxygen atoms in total. The molecule has 2 aliphatic heterocycles. The summed E-state index contributed by atoms with van der Waals surface area (Å²) in [5, 5.41) is 0. The second kappa shape index (κ2) is 8.29. The molecule has 1 aromatic heterocycles. The molecule has 0 aliphatic carbocycles. The van der Waals surface area contributed by atoms with Gasteiger partial charge in [-0.15, -0.1) is 0 Å². The van der Waals surface area contributed by atoms with Crippen molar-refractivity contribution in [1.29, 1.82) is 0 Å². The molecular formula is C20H25FN2O3. The van der Waals surface area contributed by atoms with Crippen molar-refractivity contribution in [3.05, 3.63) is 53.5 Å². The summed E-state index contributed by atoms with van der Waals surface area (Å²) in [6.07, 6.45) is 4.52. The lowest BCUT2D eigenvalue weighted by molar-refractivity contribution is -0.0523. The molecule has 2 fully saturated rings. The highest BCUT2D eigenvalue weighted by Gasteiger charge is 2.28. The summed E-state index contributed by atoms with van der Waals surface area (Å²) in [4.78, 5) is 6.87. The molecule has 4 rings (SSSR count).